The van der Waals surface area contributed by atoms with Crippen molar-refractivity contribution >= 4 is 33.4 Å². The number of carbonyl (C=O) groups excluding carboxylic acids is 1. The van der Waals surface area contributed by atoms with Crippen LogP contribution in [0.3, 0.4) is 0 Å². The summed E-state index contributed by atoms with van der Waals surface area (Å²) in [4.78, 5) is 11.9. The molecule has 6 heteroatoms. The van der Waals surface area contributed by atoms with Crippen molar-refractivity contribution in [3.63, 3.8) is 0 Å². The third-order valence-corrected chi connectivity index (χ3v) is 3.38. The number of rotatable bonds is 4. The summed E-state index contributed by atoms with van der Waals surface area (Å²) in [5, 5.41) is 14.3. The fourth-order valence-corrected chi connectivity index (χ4v) is 2.04. The van der Waals surface area contributed by atoms with Crippen molar-refractivity contribution < 1.29 is 10.0 Å². The highest BCUT2D eigenvalue weighted by atomic mass is 79.9. The topological polar surface area (TPSA) is 87.7 Å². The van der Waals surface area contributed by atoms with E-state index in [1.807, 2.05) is 24.3 Å². The average molecular weight is 348 g/mol. The van der Waals surface area contributed by atoms with E-state index in [9.17, 15) is 4.79 Å². The van der Waals surface area contributed by atoms with Gasteiger partial charge in [0.05, 0.1) is 6.42 Å². The molecule has 1 amide bonds. The standard InChI is InChI=1S/C15H14BrN3O2/c16-12-5-1-10(2-6-12)9-14(20)18-13-7-3-11(4-8-13)15(17)19-21/h1-8,21H,9H2,(H2,17,19)(H,18,20). The van der Waals surface area contributed by atoms with E-state index in [1.54, 1.807) is 24.3 Å². The Kier molecular flexibility index (Phi) is 4.94. The fraction of sp³-hybridized carbons (Fsp3) is 0.0667. The zero-order valence-electron chi connectivity index (χ0n) is 11.1. The summed E-state index contributed by atoms with van der Waals surface area (Å²) in [5.74, 6) is -0.0726. The quantitative estimate of drug-likeness (QED) is 0.344. The number of nitrogens with zero attached hydrogens (tertiary/aromatic N) is 1. The number of nitrogens with two attached hydrogens (primary N) is 1. The van der Waals surface area contributed by atoms with Crippen LogP contribution in [0, 0.1) is 0 Å². The maximum Gasteiger partial charge on any atom is 0.228 e. The predicted octanol–water partition coefficient (Wildman–Crippen LogP) is 2.72. The molecule has 2 aromatic rings. The van der Waals surface area contributed by atoms with E-state index in [0.29, 0.717) is 17.7 Å². The number of hydrogen-bond donors (Lipinski definition) is 3. The molecule has 0 aromatic heterocycles. The number of oxime groups is 1. The number of amides is 1. The molecule has 5 nitrogen and oxygen atoms in total. The summed E-state index contributed by atoms with van der Waals surface area (Å²) in [6, 6.07) is 14.3. The molecule has 0 unspecified atom stereocenters. The molecule has 0 radical (unpaired) electrons. The monoisotopic (exact) mass is 347 g/mol. The molecule has 2 rings (SSSR count). The largest absolute Gasteiger partial charge is 0.409 e. The van der Waals surface area contributed by atoms with E-state index in [1.165, 1.54) is 0 Å². The second-order valence-electron chi connectivity index (χ2n) is 4.41. The van der Waals surface area contributed by atoms with Crippen molar-refractivity contribution in [3.8, 4) is 0 Å². The summed E-state index contributed by atoms with van der Waals surface area (Å²) < 4.78 is 0.977. The number of benzene rings is 2. The Morgan fingerprint density at radius 1 is 1.14 bits per heavy atom. The van der Waals surface area contributed by atoms with E-state index < -0.39 is 0 Å². The van der Waals surface area contributed by atoms with E-state index in [0.717, 1.165) is 10.0 Å². The first-order valence-corrected chi connectivity index (χ1v) is 7.00. The molecule has 0 aliphatic carbocycles. The van der Waals surface area contributed by atoms with Crippen molar-refractivity contribution in [2.75, 3.05) is 5.32 Å². The molecule has 0 atom stereocenters. The third kappa shape index (κ3) is 4.32. The second kappa shape index (κ2) is 6.90. The molecule has 0 heterocycles. The second-order valence-corrected chi connectivity index (χ2v) is 5.33. The van der Waals surface area contributed by atoms with Crippen LogP contribution in [-0.4, -0.2) is 17.0 Å². The van der Waals surface area contributed by atoms with E-state index in [-0.39, 0.29) is 11.7 Å². The number of amidine groups is 1. The molecular weight excluding hydrogens is 334 g/mol. The number of hydrogen-bond acceptors (Lipinski definition) is 3. The highest BCUT2D eigenvalue weighted by Crippen LogP contribution is 2.13. The van der Waals surface area contributed by atoms with Crippen molar-refractivity contribution in [1.29, 1.82) is 0 Å². The molecule has 0 aliphatic rings. The number of anilines is 1. The lowest BCUT2D eigenvalue weighted by molar-refractivity contribution is -0.115. The predicted molar refractivity (Wildman–Crippen MR) is 85.4 cm³/mol. The van der Waals surface area contributed by atoms with Crippen LogP contribution in [-0.2, 0) is 11.2 Å². The van der Waals surface area contributed by atoms with Gasteiger partial charge in [0, 0.05) is 15.7 Å². The van der Waals surface area contributed by atoms with Crippen molar-refractivity contribution in [1.82, 2.24) is 0 Å². The highest BCUT2D eigenvalue weighted by molar-refractivity contribution is 9.10. The van der Waals surface area contributed by atoms with Crippen LogP contribution < -0.4 is 11.1 Å². The van der Waals surface area contributed by atoms with Gasteiger partial charge in [-0.25, -0.2) is 0 Å². The summed E-state index contributed by atoms with van der Waals surface area (Å²) >= 11 is 3.35. The zero-order chi connectivity index (χ0) is 15.2. The maximum atomic E-state index is 11.9. The lowest BCUT2D eigenvalue weighted by atomic mass is 10.1. The molecule has 0 saturated heterocycles. The molecule has 2 aromatic carbocycles. The minimum atomic E-state index is -0.103. The molecule has 4 N–H and O–H groups in total. The van der Waals surface area contributed by atoms with Gasteiger partial charge >= 0.3 is 0 Å². The summed E-state index contributed by atoms with van der Waals surface area (Å²) in [5.41, 5.74) is 7.65. The smallest absolute Gasteiger partial charge is 0.228 e. The molecule has 0 bridgehead atoms. The van der Waals surface area contributed by atoms with Gasteiger partial charge in [0.1, 0.15) is 0 Å². The van der Waals surface area contributed by atoms with Crippen LogP contribution >= 0.6 is 15.9 Å². The van der Waals surface area contributed by atoms with Gasteiger partial charge in [0.25, 0.3) is 0 Å². The lowest BCUT2D eigenvalue weighted by Gasteiger charge is -2.06. The third-order valence-electron chi connectivity index (χ3n) is 2.85. The molecule has 0 saturated carbocycles. The first-order chi connectivity index (χ1) is 10.1. The van der Waals surface area contributed by atoms with Crippen molar-refractivity contribution in [2.45, 2.75) is 6.42 Å². The number of carbonyl (C=O) groups is 1. The SMILES string of the molecule is N/C(=N/O)c1ccc(NC(=O)Cc2ccc(Br)cc2)cc1. The molecule has 108 valence electrons. The summed E-state index contributed by atoms with van der Waals surface area (Å²) in [6.07, 6.45) is 0.301. The van der Waals surface area contributed by atoms with Crippen LogP contribution in [0.2, 0.25) is 0 Å². The maximum absolute atomic E-state index is 11.9. The van der Waals surface area contributed by atoms with Crippen LogP contribution in [0.25, 0.3) is 0 Å². The Bertz CT molecular complexity index is 652. The summed E-state index contributed by atoms with van der Waals surface area (Å²) in [6.45, 7) is 0. The Balaban J connectivity index is 1.98. The van der Waals surface area contributed by atoms with Gasteiger partial charge in [0.15, 0.2) is 5.84 Å². The first-order valence-electron chi connectivity index (χ1n) is 6.21. The van der Waals surface area contributed by atoms with Gasteiger partial charge in [-0.1, -0.05) is 33.2 Å². The van der Waals surface area contributed by atoms with E-state index in [2.05, 4.69) is 26.4 Å². The minimum absolute atomic E-state index is 0.0303. The first kappa shape index (κ1) is 15.1. The highest BCUT2D eigenvalue weighted by Gasteiger charge is 2.05. The minimum Gasteiger partial charge on any atom is -0.409 e. The van der Waals surface area contributed by atoms with E-state index in [4.69, 9.17) is 10.9 Å². The van der Waals surface area contributed by atoms with Crippen LogP contribution in [0.15, 0.2) is 58.2 Å². The molecule has 21 heavy (non-hydrogen) atoms. The normalized spacial score (nSPS) is 11.2. The Morgan fingerprint density at radius 3 is 2.33 bits per heavy atom. The van der Waals surface area contributed by atoms with Gasteiger partial charge in [0.2, 0.25) is 5.91 Å². The van der Waals surface area contributed by atoms with Crippen molar-refractivity contribution in [3.05, 3.63) is 64.1 Å². The average Bonchev–Trinajstić information content (AvgIpc) is 2.49. The van der Waals surface area contributed by atoms with E-state index >= 15 is 0 Å². The van der Waals surface area contributed by atoms with Crippen LogP contribution in [0.5, 0.6) is 0 Å². The van der Waals surface area contributed by atoms with Gasteiger partial charge < -0.3 is 16.3 Å². The van der Waals surface area contributed by atoms with Gasteiger partial charge in [-0.15, -0.1) is 0 Å². The number of halogens is 1. The zero-order valence-corrected chi connectivity index (χ0v) is 12.7. The molecule has 0 fully saturated rings. The number of nitrogens with one attached hydrogen (secondary N) is 1. The Labute approximate surface area is 130 Å². The molecule has 0 spiro atoms. The molecular formula is C15H14BrN3O2. The van der Waals surface area contributed by atoms with Gasteiger partial charge in [-0.2, -0.15) is 0 Å². The Morgan fingerprint density at radius 2 is 1.76 bits per heavy atom. The fourth-order valence-electron chi connectivity index (χ4n) is 1.77. The van der Waals surface area contributed by atoms with Crippen molar-refractivity contribution in [2.24, 2.45) is 10.9 Å². The summed E-state index contributed by atoms with van der Waals surface area (Å²) in [7, 11) is 0. The van der Waals surface area contributed by atoms with Crippen LogP contribution in [0.1, 0.15) is 11.1 Å². The van der Waals surface area contributed by atoms with Gasteiger partial charge in [-0.05, 0) is 42.0 Å². The van der Waals surface area contributed by atoms with Gasteiger partial charge in [-0.3, -0.25) is 4.79 Å². The molecule has 0 aliphatic heterocycles. The van der Waals surface area contributed by atoms with Crippen LogP contribution in [0.4, 0.5) is 5.69 Å². The Hall–Kier alpha value is -2.34. The lowest BCUT2D eigenvalue weighted by Crippen LogP contribution is -2.15.